The van der Waals surface area contributed by atoms with E-state index in [1.165, 1.54) is 0 Å². The number of aromatic nitrogens is 6. The first-order valence-corrected chi connectivity index (χ1v) is 10.4. The number of nitrogens with one attached hydrogen (secondary N) is 1. The molecule has 0 spiro atoms. The van der Waals surface area contributed by atoms with E-state index in [1.54, 1.807) is 0 Å². The van der Waals surface area contributed by atoms with E-state index in [0.717, 1.165) is 54.7 Å². The zero-order valence-corrected chi connectivity index (χ0v) is 17.3. The average Bonchev–Trinajstić information content (AvgIpc) is 3.47. The van der Waals surface area contributed by atoms with Crippen LogP contribution >= 0.6 is 0 Å². The van der Waals surface area contributed by atoms with Gasteiger partial charge in [-0.15, -0.1) is 5.10 Å². The van der Waals surface area contributed by atoms with Crippen LogP contribution in [0.15, 0.2) is 22.8 Å². The predicted molar refractivity (Wildman–Crippen MR) is 107 cm³/mol. The van der Waals surface area contributed by atoms with E-state index in [2.05, 4.69) is 51.9 Å². The number of fused-ring (bicyclic) bond motifs is 1. The second-order valence-electron chi connectivity index (χ2n) is 8.56. The van der Waals surface area contributed by atoms with E-state index in [4.69, 9.17) is 9.37 Å². The monoisotopic (exact) mass is 399 g/mol. The third-order valence-corrected chi connectivity index (χ3v) is 5.89. The van der Waals surface area contributed by atoms with Gasteiger partial charge in [0.1, 0.15) is 11.0 Å². The summed E-state index contributed by atoms with van der Waals surface area (Å²) in [5.41, 5.74) is 2.74. The molecule has 2 unspecified atom stereocenters. The molecule has 0 amide bonds. The largest absolute Gasteiger partial charge is 0.376 e. The molecule has 3 heterocycles. The third-order valence-electron chi connectivity index (χ3n) is 5.89. The van der Waals surface area contributed by atoms with Crippen LogP contribution in [0.1, 0.15) is 63.9 Å². The first-order chi connectivity index (χ1) is 14.1. The second-order valence-corrected chi connectivity index (χ2v) is 8.56. The number of rotatable bonds is 9. The molecule has 2 aromatic heterocycles. The van der Waals surface area contributed by atoms with Gasteiger partial charge in [0.05, 0.1) is 18.7 Å². The summed E-state index contributed by atoms with van der Waals surface area (Å²) in [5.74, 6) is 0.854. The number of nitrogens with zero attached hydrogens (tertiary/aromatic N) is 6. The Morgan fingerprint density at radius 3 is 3.00 bits per heavy atom. The Labute approximate surface area is 170 Å². The van der Waals surface area contributed by atoms with E-state index in [1.807, 2.05) is 22.9 Å². The van der Waals surface area contributed by atoms with E-state index in [9.17, 15) is 0 Å². The molecule has 4 rings (SSSR count). The van der Waals surface area contributed by atoms with Gasteiger partial charge >= 0.3 is 0 Å². The van der Waals surface area contributed by atoms with Crippen LogP contribution in [-0.2, 0) is 17.8 Å². The number of hydrogen-bond acceptors (Lipinski definition) is 8. The number of tetrazole rings is 1. The van der Waals surface area contributed by atoms with Crippen molar-refractivity contribution < 1.29 is 9.37 Å². The molecule has 29 heavy (non-hydrogen) atoms. The smallest absolute Gasteiger partial charge is 0.168 e. The Balaban J connectivity index is 1.55. The highest BCUT2D eigenvalue weighted by Crippen LogP contribution is 2.32. The topological polar surface area (TPSA) is 104 Å². The molecule has 2 atom stereocenters. The minimum Gasteiger partial charge on any atom is -0.376 e. The molecule has 3 aromatic rings. The molecule has 1 aliphatic rings. The Morgan fingerprint density at radius 2 is 2.21 bits per heavy atom. The molecule has 0 aliphatic carbocycles. The van der Waals surface area contributed by atoms with Crippen molar-refractivity contribution in [1.82, 2.24) is 35.8 Å². The summed E-state index contributed by atoms with van der Waals surface area (Å²) in [7, 11) is 0. The SMILES string of the molecule is CCC(C)(C)CC(NCc1cccc2nonc12)c1nnnn1CC1CCCO1. The van der Waals surface area contributed by atoms with Crippen molar-refractivity contribution >= 4 is 11.0 Å². The molecule has 1 aliphatic heterocycles. The molecule has 9 nitrogen and oxygen atoms in total. The molecule has 0 bridgehead atoms. The van der Waals surface area contributed by atoms with Gasteiger partial charge in [-0.2, -0.15) is 0 Å². The normalized spacial score (nSPS) is 18.5. The Hall–Kier alpha value is -2.39. The quantitative estimate of drug-likeness (QED) is 0.585. The molecular formula is C20H29N7O2. The minimum atomic E-state index is 0.0106. The first kappa shape index (κ1) is 19.9. The van der Waals surface area contributed by atoms with Crippen molar-refractivity contribution in [3.05, 3.63) is 29.6 Å². The maximum absolute atomic E-state index is 5.79. The van der Waals surface area contributed by atoms with Gasteiger partial charge in [-0.1, -0.05) is 39.3 Å². The molecule has 1 N–H and O–H groups in total. The summed E-state index contributed by atoms with van der Waals surface area (Å²) in [4.78, 5) is 0. The van der Waals surface area contributed by atoms with Crippen LogP contribution in [0.3, 0.4) is 0 Å². The summed E-state index contributed by atoms with van der Waals surface area (Å²) < 4.78 is 12.6. The lowest BCUT2D eigenvalue weighted by atomic mass is 9.83. The molecule has 0 radical (unpaired) electrons. The fraction of sp³-hybridized carbons (Fsp3) is 0.650. The Kier molecular flexibility index (Phi) is 5.86. The lowest BCUT2D eigenvalue weighted by Gasteiger charge is -2.29. The first-order valence-electron chi connectivity index (χ1n) is 10.4. The highest BCUT2D eigenvalue weighted by atomic mass is 16.6. The van der Waals surface area contributed by atoms with E-state index in [-0.39, 0.29) is 17.6 Å². The van der Waals surface area contributed by atoms with Crippen LogP contribution in [0.4, 0.5) is 0 Å². The molecule has 0 saturated carbocycles. The van der Waals surface area contributed by atoms with Crippen LogP contribution in [0.2, 0.25) is 0 Å². The highest BCUT2D eigenvalue weighted by molar-refractivity contribution is 5.76. The molecule has 1 saturated heterocycles. The number of hydrogen-bond donors (Lipinski definition) is 1. The molecule has 1 fully saturated rings. The molecule has 1 aromatic carbocycles. The van der Waals surface area contributed by atoms with Crippen molar-refractivity contribution in [2.24, 2.45) is 5.41 Å². The lowest BCUT2D eigenvalue weighted by Crippen LogP contribution is -2.30. The maximum Gasteiger partial charge on any atom is 0.168 e. The van der Waals surface area contributed by atoms with Crippen molar-refractivity contribution in [2.75, 3.05) is 6.61 Å². The zero-order chi connectivity index (χ0) is 20.3. The summed E-state index contributed by atoms with van der Waals surface area (Å²) >= 11 is 0. The van der Waals surface area contributed by atoms with Gasteiger partial charge in [0.15, 0.2) is 5.82 Å². The number of benzene rings is 1. The Morgan fingerprint density at radius 1 is 1.31 bits per heavy atom. The summed E-state index contributed by atoms with van der Waals surface area (Å²) in [5, 5.41) is 24.2. The van der Waals surface area contributed by atoms with Crippen LogP contribution < -0.4 is 5.32 Å². The van der Waals surface area contributed by atoms with Gasteiger partial charge in [0, 0.05) is 13.2 Å². The zero-order valence-electron chi connectivity index (χ0n) is 17.3. The fourth-order valence-corrected chi connectivity index (χ4v) is 3.76. The molecule has 9 heteroatoms. The number of ether oxygens (including phenoxy) is 1. The minimum absolute atomic E-state index is 0.0106. The van der Waals surface area contributed by atoms with Crippen molar-refractivity contribution in [1.29, 1.82) is 0 Å². The molecular weight excluding hydrogens is 370 g/mol. The van der Waals surface area contributed by atoms with Gasteiger partial charge in [-0.25, -0.2) is 9.31 Å². The summed E-state index contributed by atoms with van der Waals surface area (Å²) in [6.07, 6.45) is 4.33. The highest BCUT2D eigenvalue weighted by Gasteiger charge is 2.28. The Bertz CT molecular complexity index is 930. The van der Waals surface area contributed by atoms with Crippen molar-refractivity contribution in [3.8, 4) is 0 Å². The van der Waals surface area contributed by atoms with Gasteiger partial charge in [-0.3, -0.25) is 0 Å². The average molecular weight is 399 g/mol. The second kappa shape index (κ2) is 8.54. The maximum atomic E-state index is 5.79. The standard InChI is InChI=1S/C20H29N7O2/c1-4-20(2,3)11-17(19-22-25-26-27(19)13-15-8-6-10-28-15)21-12-14-7-5-9-16-18(14)24-29-23-16/h5,7,9,15,17,21H,4,6,8,10-13H2,1-3H3. The van der Waals surface area contributed by atoms with Gasteiger partial charge < -0.3 is 10.1 Å². The van der Waals surface area contributed by atoms with Crippen LogP contribution in [0, 0.1) is 5.41 Å². The van der Waals surface area contributed by atoms with Crippen LogP contribution in [0.5, 0.6) is 0 Å². The van der Waals surface area contributed by atoms with Gasteiger partial charge in [-0.05, 0) is 57.0 Å². The summed E-state index contributed by atoms with van der Waals surface area (Å²) in [6, 6.07) is 5.92. The molecule has 156 valence electrons. The van der Waals surface area contributed by atoms with Crippen LogP contribution in [-0.4, -0.2) is 43.2 Å². The fourth-order valence-electron chi connectivity index (χ4n) is 3.76. The van der Waals surface area contributed by atoms with E-state index >= 15 is 0 Å². The van der Waals surface area contributed by atoms with Crippen molar-refractivity contribution in [3.63, 3.8) is 0 Å². The van der Waals surface area contributed by atoms with Crippen LogP contribution in [0.25, 0.3) is 11.0 Å². The predicted octanol–water partition coefficient (Wildman–Crippen LogP) is 3.05. The lowest BCUT2D eigenvalue weighted by molar-refractivity contribution is 0.0916. The van der Waals surface area contributed by atoms with E-state index < -0.39 is 0 Å². The van der Waals surface area contributed by atoms with E-state index in [0.29, 0.717) is 13.1 Å². The van der Waals surface area contributed by atoms with Gasteiger partial charge in [0.25, 0.3) is 0 Å². The third kappa shape index (κ3) is 4.62. The summed E-state index contributed by atoms with van der Waals surface area (Å²) in [6.45, 7) is 8.91. The van der Waals surface area contributed by atoms with Gasteiger partial charge in [0.2, 0.25) is 0 Å². The van der Waals surface area contributed by atoms with Crippen molar-refractivity contribution in [2.45, 2.75) is 71.7 Å².